The molecule has 0 aliphatic heterocycles. The van der Waals surface area contributed by atoms with Crippen molar-refractivity contribution in [3.05, 3.63) is 47.4 Å². The number of hydrogen-bond donors (Lipinski definition) is 1. The van der Waals surface area contributed by atoms with Crippen molar-refractivity contribution < 1.29 is 9.90 Å². The zero-order chi connectivity index (χ0) is 15.0. The molecular weight excluding hydrogens is 268 g/mol. The summed E-state index contributed by atoms with van der Waals surface area (Å²) in [5, 5.41) is 13.1. The number of nitrogens with zero attached hydrogens (tertiary/aromatic N) is 4. The number of rotatable bonds is 3. The Morgan fingerprint density at radius 1 is 1.29 bits per heavy atom. The predicted molar refractivity (Wildman–Crippen MR) is 77.0 cm³/mol. The third-order valence-electron chi connectivity index (χ3n) is 3.25. The van der Waals surface area contributed by atoms with Crippen LogP contribution in [-0.2, 0) is 11.2 Å². The van der Waals surface area contributed by atoms with E-state index in [1.54, 1.807) is 10.7 Å². The first-order chi connectivity index (χ1) is 10.0. The van der Waals surface area contributed by atoms with Crippen LogP contribution in [0.4, 0.5) is 0 Å². The summed E-state index contributed by atoms with van der Waals surface area (Å²) in [6, 6.07) is 8.00. The zero-order valence-corrected chi connectivity index (χ0v) is 11.7. The van der Waals surface area contributed by atoms with Crippen molar-refractivity contribution in [3.63, 3.8) is 0 Å². The summed E-state index contributed by atoms with van der Waals surface area (Å²) in [5.41, 5.74) is 4.19. The maximum atomic E-state index is 10.8. The molecule has 3 rings (SSSR count). The summed E-state index contributed by atoms with van der Waals surface area (Å²) in [4.78, 5) is 19.1. The lowest BCUT2D eigenvalue weighted by Crippen LogP contribution is -2.02. The van der Waals surface area contributed by atoms with Crippen molar-refractivity contribution >= 4 is 11.7 Å². The molecule has 2 heterocycles. The van der Waals surface area contributed by atoms with E-state index >= 15 is 0 Å². The second kappa shape index (κ2) is 4.97. The van der Waals surface area contributed by atoms with Crippen LogP contribution in [-0.4, -0.2) is 30.7 Å². The van der Waals surface area contributed by atoms with Crippen molar-refractivity contribution in [2.75, 3.05) is 0 Å². The summed E-state index contributed by atoms with van der Waals surface area (Å²) in [5.74, 6) is -0.296. The van der Waals surface area contributed by atoms with Crippen LogP contribution in [0.3, 0.4) is 0 Å². The van der Waals surface area contributed by atoms with E-state index in [-0.39, 0.29) is 12.2 Å². The maximum absolute atomic E-state index is 10.8. The summed E-state index contributed by atoms with van der Waals surface area (Å²) < 4.78 is 1.59. The van der Waals surface area contributed by atoms with E-state index in [1.165, 1.54) is 5.56 Å². The minimum absolute atomic E-state index is 0.213. The normalized spacial score (nSPS) is 11.0. The fourth-order valence-electron chi connectivity index (χ4n) is 2.35. The zero-order valence-electron chi connectivity index (χ0n) is 11.7. The van der Waals surface area contributed by atoms with Gasteiger partial charge >= 0.3 is 5.97 Å². The van der Waals surface area contributed by atoms with Gasteiger partial charge in [-0.25, -0.2) is 4.98 Å². The lowest BCUT2D eigenvalue weighted by molar-refractivity contribution is -0.136. The van der Waals surface area contributed by atoms with Gasteiger partial charge in [0, 0.05) is 11.8 Å². The van der Waals surface area contributed by atoms with Crippen molar-refractivity contribution in [3.8, 4) is 11.3 Å². The lowest BCUT2D eigenvalue weighted by atomic mass is 10.0. The first-order valence-corrected chi connectivity index (χ1v) is 6.54. The van der Waals surface area contributed by atoms with E-state index in [4.69, 9.17) is 5.11 Å². The Morgan fingerprint density at radius 3 is 2.81 bits per heavy atom. The number of hydrogen-bond acceptors (Lipinski definition) is 4. The van der Waals surface area contributed by atoms with Crippen LogP contribution in [0.2, 0.25) is 0 Å². The Bertz CT molecular complexity index is 839. The van der Waals surface area contributed by atoms with Gasteiger partial charge in [-0.15, -0.1) is 5.10 Å². The molecule has 0 atom stereocenters. The minimum atomic E-state index is -0.959. The standard InChI is InChI=1S/C15H14N4O2/c1-9-3-4-11(10(2)7-9)12-5-6-16-15-17-13(8-14(20)21)18-19(12)15/h3-7H,8H2,1-2H3,(H,20,21). The quantitative estimate of drug-likeness (QED) is 0.795. The number of aliphatic carboxylic acids is 1. The van der Waals surface area contributed by atoms with Gasteiger partial charge in [0.05, 0.1) is 5.69 Å². The van der Waals surface area contributed by atoms with Crippen LogP contribution in [0.25, 0.3) is 17.0 Å². The first kappa shape index (κ1) is 13.2. The number of carboxylic acid groups (broad SMARTS) is 1. The molecule has 0 amide bonds. The molecular formula is C15H14N4O2. The number of aryl methyl sites for hydroxylation is 2. The van der Waals surface area contributed by atoms with Gasteiger partial charge in [-0.1, -0.05) is 23.8 Å². The van der Waals surface area contributed by atoms with Crippen molar-refractivity contribution in [1.29, 1.82) is 0 Å². The van der Waals surface area contributed by atoms with Gasteiger partial charge in [0.25, 0.3) is 5.78 Å². The third-order valence-corrected chi connectivity index (χ3v) is 3.25. The number of carbonyl (C=O) groups is 1. The fraction of sp³-hybridized carbons (Fsp3) is 0.200. The topological polar surface area (TPSA) is 80.4 Å². The highest BCUT2D eigenvalue weighted by Crippen LogP contribution is 2.23. The van der Waals surface area contributed by atoms with Crippen molar-refractivity contribution in [2.45, 2.75) is 20.3 Å². The molecule has 2 aromatic heterocycles. The SMILES string of the molecule is Cc1ccc(-c2ccnc3nc(CC(=O)O)nn23)c(C)c1. The number of carboxylic acids is 1. The predicted octanol–water partition coefficient (Wildman–Crippen LogP) is 2.04. The number of benzene rings is 1. The molecule has 0 bridgehead atoms. The molecule has 6 heteroatoms. The monoisotopic (exact) mass is 282 g/mol. The summed E-state index contributed by atoms with van der Waals surface area (Å²) in [6.07, 6.45) is 1.44. The first-order valence-electron chi connectivity index (χ1n) is 6.54. The molecule has 0 fully saturated rings. The molecule has 0 spiro atoms. The highest BCUT2D eigenvalue weighted by atomic mass is 16.4. The Labute approximate surface area is 121 Å². The van der Waals surface area contributed by atoms with E-state index < -0.39 is 5.97 Å². The van der Waals surface area contributed by atoms with Crippen LogP contribution in [0, 0.1) is 13.8 Å². The van der Waals surface area contributed by atoms with Gasteiger partial charge in [0.2, 0.25) is 0 Å². The minimum Gasteiger partial charge on any atom is -0.481 e. The van der Waals surface area contributed by atoms with Crippen molar-refractivity contribution in [2.24, 2.45) is 0 Å². The highest BCUT2D eigenvalue weighted by Gasteiger charge is 2.13. The molecule has 1 N–H and O–H groups in total. The van der Waals surface area contributed by atoms with Gasteiger partial charge in [-0.2, -0.15) is 9.50 Å². The second-order valence-electron chi connectivity index (χ2n) is 4.96. The molecule has 0 saturated carbocycles. The Morgan fingerprint density at radius 2 is 2.10 bits per heavy atom. The second-order valence-corrected chi connectivity index (χ2v) is 4.96. The molecule has 0 radical (unpaired) electrons. The van der Waals surface area contributed by atoms with Gasteiger partial charge in [-0.3, -0.25) is 4.79 Å². The summed E-state index contributed by atoms with van der Waals surface area (Å²) in [7, 11) is 0. The fourth-order valence-corrected chi connectivity index (χ4v) is 2.35. The Kier molecular flexibility index (Phi) is 3.13. The molecule has 0 unspecified atom stereocenters. The van der Waals surface area contributed by atoms with E-state index in [2.05, 4.69) is 21.1 Å². The molecule has 0 saturated heterocycles. The van der Waals surface area contributed by atoms with Gasteiger partial charge in [0.15, 0.2) is 5.82 Å². The van der Waals surface area contributed by atoms with Crippen molar-refractivity contribution in [1.82, 2.24) is 19.6 Å². The molecule has 0 aliphatic rings. The van der Waals surface area contributed by atoms with Crippen LogP contribution < -0.4 is 0 Å². The largest absolute Gasteiger partial charge is 0.481 e. The molecule has 21 heavy (non-hydrogen) atoms. The molecule has 1 aromatic carbocycles. The van der Waals surface area contributed by atoms with Crippen LogP contribution in [0.1, 0.15) is 17.0 Å². The molecule has 0 aliphatic carbocycles. The maximum Gasteiger partial charge on any atom is 0.311 e. The van der Waals surface area contributed by atoms with Crippen LogP contribution in [0.15, 0.2) is 30.5 Å². The van der Waals surface area contributed by atoms with E-state index in [9.17, 15) is 4.79 Å². The van der Waals surface area contributed by atoms with Gasteiger partial charge < -0.3 is 5.11 Å². The lowest BCUT2D eigenvalue weighted by Gasteiger charge is -2.08. The van der Waals surface area contributed by atoms with Gasteiger partial charge in [-0.05, 0) is 25.5 Å². The average molecular weight is 282 g/mol. The van der Waals surface area contributed by atoms with E-state index in [0.29, 0.717) is 5.78 Å². The number of fused-ring (bicyclic) bond motifs is 1. The molecule has 6 nitrogen and oxygen atoms in total. The highest BCUT2D eigenvalue weighted by molar-refractivity contribution is 5.69. The summed E-state index contributed by atoms with van der Waals surface area (Å²) in [6.45, 7) is 4.07. The Hall–Kier alpha value is -2.76. The molecule has 3 aromatic rings. The molecule has 106 valence electrons. The number of aromatic nitrogens is 4. The van der Waals surface area contributed by atoms with E-state index in [1.807, 2.05) is 32.0 Å². The average Bonchev–Trinajstić information content (AvgIpc) is 2.80. The van der Waals surface area contributed by atoms with Crippen LogP contribution in [0.5, 0.6) is 0 Å². The third kappa shape index (κ3) is 2.47. The van der Waals surface area contributed by atoms with E-state index in [0.717, 1.165) is 16.8 Å². The van der Waals surface area contributed by atoms with Gasteiger partial charge in [0.1, 0.15) is 6.42 Å². The van der Waals surface area contributed by atoms with Crippen LogP contribution >= 0.6 is 0 Å². The summed E-state index contributed by atoms with van der Waals surface area (Å²) >= 11 is 0. The smallest absolute Gasteiger partial charge is 0.311 e. The Balaban J connectivity index is 2.18.